The van der Waals surface area contributed by atoms with Crippen molar-refractivity contribution in [2.24, 2.45) is 0 Å². The summed E-state index contributed by atoms with van der Waals surface area (Å²) in [5.41, 5.74) is -0.262. The van der Waals surface area contributed by atoms with E-state index in [2.05, 4.69) is 10.1 Å². The van der Waals surface area contributed by atoms with Crippen LogP contribution in [-0.4, -0.2) is 54.2 Å². The van der Waals surface area contributed by atoms with E-state index in [1.807, 2.05) is 0 Å². The van der Waals surface area contributed by atoms with Gasteiger partial charge in [0.15, 0.2) is 0 Å². The van der Waals surface area contributed by atoms with Gasteiger partial charge in [0.25, 0.3) is 0 Å². The van der Waals surface area contributed by atoms with Gasteiger partial charge < -0.3 is 14.8 Å². The number of hydrogen-bond donors (Lipinski definition) is 1. The highest BCUT2D eigenvalue weighted by Gasteiger charge is 2.41. The fraction of sp³-hybridized carbons (Fsp3) is 0.579. The van der Waals surface area contributed by atoms with Crippen molar-refractivity contribution in [1.82, 2.24) is 10.2 Å². The minimum absolute atomic E-state index is 0.101. The topological polar surface area (TPSA) is 67.9 Å². The molecular formula is C19H24F4N2O4. The Hall–Kier alpha value is -2.52. The Morgan fingerprint density at radius 3 is 2.55 bits per heavy atom. The first kappa shape index (κ1) is 22.8. The van der Waals surface area contributed by atoms with Gasteiger partial charge >= 0.3 is 12.5 Å². The van der Waals surface area contributed by atoms with Crippen LogP contribution in [0.25, 0.3) is 0 Å². The van der Waals surface area contributed by atoms with Crippen molar-refractivity contribution >= 4 is 12.0 Å². The molecule has 10 heteroatoms. The molecule has 6 nitrogen and oxygen atoms in total. The van der Waals surface area contributed by atoms with Crippen LogP contribution in [0.15, 0.2) is 24.3 Å². The fourth-order valence-corrected chi connectivity index (χ4v) is 2.90. The van der Waals surface area contributed by atoms with E-state index in [-0.39, 0.29) is 31.7 Å². The highest BCUT2D eigenvalue weighted by Crippen LogP contribution is 2.24. The summed E-state index contributed by atoms with van der Waals surface area (Å²) in [6.45, 7) is 4.87. The summed E-state index contributed by atoms with van der Waals surface area (Å²) in [6, 6.07) is 4.40. The molecule has 1 fully saturated rings. The van der Waals surface area contributed by atoms with Crippen LogP contribution in [0.5, 0.6) is 5.75 Å². The highest BCUT2D eigenvalue weighted by atomic mass is 19.4. The standard InChI is InChI=1S/C19H24F4N2O4/c1-18(2,3)29-17(27)25-11-13(20)10-15(25)16(26)24-8-7-12-5-4-6-14(9-12)28-19(21,22)23/h4-6,9,13,15H,7-8,10-11H2,1-3H3,(H,24,26)/t13-,15-/m0/s1. The Kier molecular flexibility index (Phi) is 6.97. The molecule has 0 bridgehead atoms. The molecule has 1 aliphatic rings. The van der Waals surface area contributed by atoms with Gasteiger partial charge in [0.05, 0.1) is 6.54 Å². The van der Waals surface area contributed by atoms with Crippen LogP contribution >= 0.6 is 0 Å². The van der Waals surface area contributed by atoms with E-state index in [9.17, 15) is 27.2 Å². The van der Waals surface area contributed by atoms with Gasteiger partial charge in [-0.3, -0.25) is 9.69 Å². The highest BCUT2D eigenvalue weighted by molar-refractivity contribution is 5.86. The largest absolute Gasteiger partial charge is 0.573 e. The molecule has 29 heavy (non-hydrogen) atoms. The molecule has 1 heterocycles. The second-order valence-electron chi connectivity index (χ2n) is 7.72. The lowest BCUT2D eigenvalue weighted by Gasteiger charge is -2.27. The minimum atomic E-state index is -4.79. The molecule has 1 N–H and O–H groups in total. The van der Waals surface area contributed by atoms with Gasteiger partial charge in [-0.05, 0) is 44.9 Å². The first-order valence-electron chi connectivity index (χ1n) is 9.10. The van der Waals surface area contributed by atoms with Crippen molar-refractivity contribution in [2.45, 2.75) is 57.8 Å². The molecule has 1 aliphatic heterocycles. The maximum Gasteiger partial charge on any atom is 0.573 e. The monoisotopic (exact) mass is 420 g/mol. The molecular weight excluding hydrogens is 396 g/mol. The lowest BCUT2D eigenvalue weighted by atomic mass is 10.1. The van der Waals surface area contributed by atoms with Crippen LogP contribution in [0.4, 0.5) is 22.4 Å². The van der Waals surface area contributed by atoms with Crippen molar-refractivity contribution in [2.75, 3.05) is 13.1 Å². The molecule has 1 saturated heterocycles. The Bertz CT molecular complexity index is 734. The summed E-state index contributed by atoms with van der Waals surface area (Å²) in [7, 11) is 0. The Labute approximate surface area is 166 Å². The van der Waals surface area contributed by atoms with Crippen LogP contribution in [0.2, 0.25) is 0 Å². The molecule has 1 aromatic rings. The molecule has 0 aromatic heterocycles. The second kappa shape index (κ2) is 8.87. The number of rotatable bonds is 5. The second-order valence-corrected chi connectivity index (χ2v) is 7.72. The lowest BCUT2D eigenvalue weighted by Crippen LogP contribution is -2.47. The van der Waals surface area contributed by atoms with Gasteiger partial charge in [0, 0.05) is 13.0 Å². The minimum Gasteiger partial charge on any atom is -0.444 e. The number of ether oxygens (including phenoxy) is 2. The predicted molar refractivity (Wildman–Crippen MR) is 96.1 cm³/mol. The van der Waals surface area contributed by atoms with E-state index in [4.69, 9.17) is 4.74 Å². The zero-order chi connectivity index (χ0) is 21.8. The van der Waals surface area contributed by atoms with E-state index in [0.29, 0.717) is 5.56 Å². The number of carbonyl (C=O) groups excluding carboxylic acids is 2. The molecule has 0 unspecified atom stereocenters. The van der Waals surface area contributed by atoms with Gasteiger partial charge in [-0.1, -0.05) is 12.1 Å². The Morgan fingerprint density at radius 1 is 1.24 bits per heavy atom. The van der Waals surface area contributed by atoms with Crippen molar-refractivity contribution in [3.8, 4) is 5.75 Å². The molecule has 0 radical (unpaired) electrons. The SMILES string of the molecule is CC(C)(C)OC(=O)N1C[C@@H](F)C[C@H]1C(=O)NCCc1cccc(OC(F)(F)F)c1. The molecule has 0 saturated carbocycles. The quantitative estimate of drug-likeness (QED) is 0.740. The predicted octanol–water partition coefficient (Wildman–Crippen LogP) is 3.59. The van der Waals surface area contributed by atoms with Crippen LogP contribution in [0.1, 0.15) is 32.8 Å². The number of likely N-dealkylation sites (tertiary alicyclic amines) is 1. The zero-order valence-corrected chi connectivity index (χ0v) is 16.4. The van der Waals surface area contributed by atoms with Gasteiger partial charge in [0.2, 0.25) is 5.91 Å². The maximum atomic E-state index is 13.8. The van der Waals surface area contributed by atoms with Gasteiger partial charge in [-0.25, -0.2) is 9.18 Å². The zero-order valence-electron chi connectivity index (χ0n) is 16.4. The van der Waals surface area contributed by atoms with Crippen molar-refractivity contribution in [1.29, 1.82) is 0 Å². The normalized spacial score (nSPS) is 19.8. The third kappa shape index (κ3) is 7.43. The average molecular weight is 420 g/mol. The average Bonchev–Trinajstić information content (AvgIpc) is 2.94. The van der Waals surface area contributed by atoms with Crippen LogP contribution < -0.4 is 10.1 Å². The van der Waals surface area contributed by atoms with E-state index in [1.54, 1.807) is 26.8 Å². The number of amides is 2. The Morgan fingerprint density at radius 2 is 1.93 bits per heavy atom. The number of hydrogen-bond acceptors (Lipinski definition) is 4. The van der Waals surface area contributed by atoms with Crippen molar-refractivity contribution < 1.29 is 36.6 Å². The summed E-state index contributed by atoms with van der Waals surface area (Å²) in [4.78, 5) is 25.7. The fourth-order valence-electron chi connectivity index (χ4n) is 2.90. The molecule has 1 aromatic carbocycles. The molecule has 2 rings (SSSR count). The van der Waals surface area contributed by atoms with Gasteiger partial charge in [-0.15, -0.1) is 13.2 Å². The third-order valence-electron chi connectivity index (χ3n) is 4.03. The van der Waals surface area contributed by atoms with Crippen molar-refractivity contribution in [3.63, 3.8) is 0 Å². The van der Waals surface area contributed by atoms with E-state index in [0.717, 1.165) is 4.90 Å². The van der Waals surface area contributed by atoms with E-state index < -0.39 is 36.2 Å². The summed E-state index contributed by atoms with van der Waals surface area (Å²) >= 11 is 0. The number of halogens is 4. The van der Waals surface area contributed by atoms with E-state index >= 15 is 0 Å². The summed E-state index contributed by atoms with van der Waals surface area (Å²) in [5.74, 6) is -0.896. The first-order chi connectivity index (χ1) is 13.3. The van der Waals surface area contributed by atoms with Crippen molar-refractivity contribution in [3.05, 3.63) is 29.8 Å². The van der Waals surface area contributed by atoms with Gasteiger partial charge in [0.1, 0.15) is 23.6 Å². The molecule has 2 amide bonds. The Balaban J connectivity index is 1.91. The first-order valence-corrected chi connectivity index (χ1v) is 9.10. The number of alkyl halides is 4. The molecule has 162 valence electrons. The smallest absolute Gasteiger partial charge is 0.444 e. The molecule has 0 spiro atoms. The number of carbonyl (C=O) groups is 2. The number of nitrogens with zero attached hydrogens (tertiary/aromatic N) is 1. The number of nitrogens with one attached hydrogen (secondary N) is 1. The lowest BCUT2D eigenvalue weighted by molar-refractivity contribution is -0.274. The van der Waals surface area contributed by atoms with E-state index in [1.165, 1.54) is 18.2 Å². The summed E-state index contributed by atoms with van der Waals surface area (Å²) in [5, 5.41) is 2.59. The molecule has 2 atom stereocenters. The summed E-state index contributed by atoms with van der Waals surface area (Å²) in [6.07, 6.45) is -6.80. The van der Waals surface area contributed by atoms with Gasteiger partial charge in [-0.2, -0.15) is 0 Å². The van der Waals surface area contributed by atoms with Crippen LogP contribution in [0.3, 0.4) is 0 Å². The third-order valence-corrected chi connectivity index (χ3v) is 4.03. The molecule has 0 aliphatic carbocycles. The number of benzene rings is 1. The summed E-state index contributed by atoms with van der Waals surface area (Å²) < 4.78 is 59.7. The maximum absolute atomic E-state index is 13.8. The van der Waals surface area contributed by atoms with Crippen LogP contribution in [0, 0.1) is 0 Å². The van der Waals surface area contributed by atoms with Crippen LogP contribution in [-0.2, 0) is 16.0 Å².